The molecule has 1 aromatic carbocycles. The second kappa shape index (κ2) is 10.8. The summed E-state index contributed by atoms with van der Waals surface area (Å²) in [6.07, 6.45) is 0. The van der Waals surface area contributed by atoms with Gasteiger partial charge in [-0.1, -0.05) is 12.1 Å². The molecule has 1 heterocycles. The number of hydrogen-bond acceptors (Lipinski definition) is 4. The molecule has 142 valence electrons. The molecule has 0 bridgehead atoms. The Balaban J connectivity index is 0.00000338. The molecule has 26 heavy (non-hydrogen) atoms. The lowest BCUT2D eigenvalue weighted by molar-refractivity contribution is 0.0963. The third kappa shape index (κ3) is 6.32. The Kier molecular flexibility index (Phi) is 9.11. The molecule has 1 aromatic heterocycles. The normalized spacial score (nSPS) is 10.8. The number of aromatic nitrogens is 1. The lowest BCUT2D eigenvalue weighted by atomic mass is 10.1. The Labute approximate surface area is 171 Å². The van der Waals surface area contributed by atoms with Crippen LogP contribution in [0.2, 0.25) is 0 Å². The maximum atomic E-state index is 11.7. The maximum Gasteiger partial charge on any atom is 0.251 e. The second-order valence-electron chi connectivity index (χ2n) is 5.58. The van der Waals surface area contributed by atoms with Crippen molar-refractivity contribution in [3.63, 3.8) is 0 Å². The van der Waals surface area contributed by atoms with Gasteiger partial charge in [-0.25, -0.2) is 9.98 Å². The fourth-order valence-electron chi connectivity index (χ4n) is 2.24. The van der Waals surface area contributed by atoms with E-state index >= 15 is 0 Å². The van der Waals surface area contributed by atoms with Gasteiger partial charge in [0.05, 0.1) is 18.8 Å². The van der Waals surface area contributed by atoms with Crippen LogP contribution < -0.4 is 16.0 Å². The lowest BCUT2D eigenvalue weighted by Crippen LogP contribution is -2.36. The summed E-state index contributed by atoms with van der Waals surface area (Å²) in [6, 6.07) is 7.42. The summed E-state index contributed by atoms with van der Waals surface area (Å²) in [5.74, 6) is 2.01. The molecular formula is C18H26IN5O2. The van der Waals surface area contributed by atoms with Gasteiger partial charge in [0, 0.05) is 19.2 Å². The fraction of sp³-hybridized carbons (Fsp3) is 0.389. The van der Waals surface area contributed by atoms with Gasteiger partial charge in [-0.05, 0) is 38.5 Å². The van der Waals surface area contributed by atoms with Crippen LogP contribution in [0.3, 0.4) is 0 Å². The number of aliphatic imine (C=N–C) groups is 1. The van der Waals surface area contributed by atoms with E-state index < -0.39 is 0 Å². The van der Waals surface area contributed by atoms with E-state index in [0.29, 0.717) is 30.5 Å². The number of carbonyl (C=O) groups excluding carboxylic acids is 1. The lowest BCUT2D eigenvalue weighted by Gasteiger charge is -2.10. The number of nitrogens with zero attached hydrogens (tertiary/aromatic N) is 2. The van der Waals surface area contributed by atoms with E-state index in [1.165, 1.54) is 0 Å². The third-order valence-corrected chi connectivity index (χ3v) is 3.66. The first kappa shape index (κ1) is 21.9. The Morgan fingerprint density at radius 1 is 1.27 bits per heavy atom. The number of carbonyl (C=O) groups is 1. The monoisotopic (exact) mass is 471 g/mol. The number of benzene rings is 1. The molecule has 2 rings (SSSR count). The van der Waals surface area contributed by atoms with Crippen LogP contribution in [0.5, 0.6) is 0 Å². The van der Waals surface area contributed by atoms with Crippen LogP contribution in [0, 0.1) is 13.8 Å². The van der Waals surface area contributed by atoms with Crippen LogP contribution in [0.1, 0.15) is 40.2 Å². The number of oxazole rings is 1. The minimum Gasteiger partial charge on any atom is -0.444 e. The third-order valence-electron chi connectivity index (χ3n) is 3.66. The largest absolute Gasteiger partial charge is 0.444 e. The van der Waals surface area contributed by atoms with Crippen molar-refractivity contribution in [2.24, 2.45) is 4.99 Å². The van der Waals surface area contributed by atoms with Crippen LogP contribution in [0.4, 0.5) is 0 Å². The van der Waals surface area contributed by atoms with Crippen molar-refractivity contribution in [2.45, 2.75) is 33.9 Å². The number of hydrogen-bond donors (Lipinski definition) is 3. The smallest absolute Gasteiger partial charge is 0.251 e. The average Bonchev–Trinajstić information content (AvgIpc) is 2.94. The van der Waals surface area contributed by atoms with E-state index in [2.05, 4.69) is 25.9 Å². The van der Waals surface area contributed by atoms with Gasteiger partial charge >= 0.3 is 0 Å². The number of aryl methyl sites for hydroxylation is 2. The molecule has 1 amide bonds. The van der Waals surface area contributed by atoms with Gasteiger partial charge in [-0.3, -0.25) is 4.79 Å². The van der Waals surface area contributed by atoms with Gasteiger partial charge in [0.2, 0.25) is 5.89 Å². The van der Waals surface area contributed by atoms with Crippen LogP contribution in [0.15, 0.2) is 33.7 Å². The van der Waals surface area contributed by atoms with Crippen LogP contribution in [-0.4, -0.2) is 30.4 Å². The zero-order chi connectivity index (χ0) is 18.2. The highest BCUT2D eigenvalue weighted by Crippen LogP contribution is 2.08. The number of amides is 1. The first-order valence-electron chi connectivity index (χ1n) is 8.29. The molecular weight excluding hydrogens is 445 g/mol. The van der Waals surface area contributed by atoms with Crippen LogP contribution >= 0.6 is 24.0 Å². The molecule has 0 saturated heterocycles. The van der Waals surface area contributed by atoms with Crippen LogP contribution in [0.25, 0.3) is 0 Å². The highest BCUT2D eigenvalue weighted by Gasteiger charge is 2.07. The van der Waals surface area contributed by atoms with E-state index in [9.17, 15) is 4.79 Å². The molecule has 0 unspecified atom stereocenters. The molecule has 7 nitrogen and oxygen atoms in total. The molecule has 0 aliphatic heterocycles. The molecule has 0 aliphatic rings. The van der Waals surface area contributed by atoms with Gasteiger partial charge < -0.3 is 20.4 Å². The molecule has 0 saturated carbocycles. The highest BCUT2D eigenvalue weighted by atomic mass is 127. The molecule has 0 atom stereocenters. The van der Waals surface area contributed by atoms with Gasteiger partial charge in [0.25, 0.3) is 5.91 Å². The maximum absolute atomic E-state index is 11.7. The minimum absolute atomic E-state index is 0. The summed E-state index contributed by atoms with van der Waals surface area (Å²) in [5.41, 5.74) is 2.48. The predicted octanol–water partition coefficient (Wildman–Crippen LogP) is 2.52. The van der Waals surface area contributed by atoms with Crippen molar-refractivity contribution in [3.05, 3.63) is 52.7 Å². The fourth-order valence-corrected chi connectivity index (χ4v) is 2.24. The van der Waals surface area contributed by atoms with E-state index in [1.807, 2.05) is 39.0 Å². The molecule has 0 fully saturated rings. The Morgan fingerprint density at radius 2 is 2.04 bits per heavy atom. The molecule has 0 aliphatic carbocycles. The average molecular weight is 471 g/mol. The quantitative estimate of drug-likeness (QED) is 0.342. The topological polar surface area (TPSA) is 91.5 Å². The summed E-state index contributed by atoms with van der Waals surface area (Å²) < 4.78 is 5.56. The summed E-state index contributed by atoms with van der Waals surface area (Å²) in [5, 5.41) is 9.00. The summed E-state index contributed by atoms with van der Waals surface area (Å²) in [7, 11) is 1.62. The molecule has 2 aromatic rings. The van der Waals surface area contributed by atoms with Gasteiger partial charge in [0.15, 0.2) is 5.96 Å². The Hall–Kier alpha value is -2.10. The first-order chi connectivity index (χ1) is 12.0. The van der Waals surface area contributed by atoms with Crippen molar-refractivity contribution in [1.29, 1.82) is 0 Å². The standard InChI is InChI=1S/C18H25N5O2.HI/c1-5-20-18(22-11-16-23-12(2)13(3)25-16)21-10-14-7-6-8-15(9-14)17(24)19-4;/h6-9H,5,10-11H2,1-4H3,(H,19,24)(H2,20,21,22);1H. The van der Waals surface area contributed by atoms with Crippen molar-refractivity contribution < 1.29 is 9.21 Å². The van der Waals surface area contributed by atoms with Crippen molar-refractivity contribution in [3.8, 4) is 0 Å². The molecule has 0 spiro atoms. The summed E-state index contributed by atoms with van der Waals surface area (Å²) in [6.45, 7) is 7.48. The zero-order valence-electron chi connectivity index (χ0n) is 15.5. The van der Waals surface area contributed by atoms with E-state index in [-0.39, 0.29) is 29.9 Å². The number of guanidine groups is 1. The highest BCUT2D eigenvalue weighted by molar-refractivity contribution is 14.0. The number of rotatable bonds is 6. The molecule has 8 heteroatoms. The minimum atomic E-state index is -0.106. The van der Waals surface area contributed by atoms with Crippen molar-refractivity contribution in [1.82, 2.24) is 20.9 Å². The Bertz CT molecular complexity index is 738. The first-order valence-corrected chi connectivity index (χ1v) is 8.29. The van der Waals surface area contributed by atoms with Gasteiger partial charge in [-0.2, -0.15) is 0 Å². The SMILES string of the molecule is CCNC(=NCc1cccc(C(=O)NC)c1)NCc1nc(C)c(C)o1.I. The number of halogens is 1. The van der Waals surface area contributed by atoms with Crippen molar-refractivity contribution in [2.75, 3.05) is 13.6 Å². The second-order valence-corrected chi connectivity index (χ2v) is 5.58. The molecule has 3 N–H and O–H groups in total. The summed E-state index contributed by atoms with van der Waals surface area (Å²) in [4.78, 5) is 20.6. The number of nitrogens with one attached hydrogen (secondary N) is 3. The zero-order valence-corrected chi connectivity index (χ0v) is 17.9. The predicted molar refractivity (Wildman–Crippen MR) is 113 cm³/mol. The van der Waals surface area contributed by atoms with E-state index in [4.69, 9.17) is 4.42 Å². The van der Waals surface area contributed by atoms with Crippen LogP contribution in [-0.2, 0) is 13.1 Å². The Morgan fingerprint density at radius 3 is 2.65 bits per heavy atom. The van der Waals surface area contributed by atoms with E-state index in [1.54, 1.807) is 13.1 Å². The molecule has 0 radical (unpaired) electrons. The van der Waals surface area contributed by atoms with Crippen molar-refractivity contribution >= 4 is 35.8 Å². The van der Waals surface area contributed by atoms with Gasteiger partial charge in [0.1, 0.15) is 5.76 Å². The summed E-state index contributed by atoms with van der Waals surface area (Å²) >= 11 is 0. The van der Waals surface area contributed by atoms with Gasteiger partial charge in [-0.15, -0.1) is 24.0 Å². The van der Waals surface area contributed by atoms with E-state index in [0.717, 1.165) is 23.6 Å².